The summed E-state index contributed by atoms with van der Waals surface area (Å²) in [6, 6.07) is 4.64. The van der Waals surface area contributed by atoms with Crippen LogP contribution in [0, 0.1) is 5.82 Å². The van der Waals surface area contributed by atoms with Crippen LogP contribution in [0.1, 0.15) is 11.3 Å². The van der Waals surface area contributed by atoms with Crippen LogP contribution in [0.15, 0.2) is 49.1 Å². The Balaban J connectivity index is 0.000000300. The van der Waals surface area contributed by atoms with Gasteiger partial charge in [0.2, 0.25) is 0 Å². The minimum atomic E-state index is -1.26. The number of rotatable bonds is 6. The summed E-state index contributed by atoms with van der Waals surface area (Å²) in [7, 11) is 1.89. The number of carboxylic acids is 2. The number of halogens is 1. The minimum absolute atomic E-state index is 0.0750. The van der Waals surface area contributed by atoms with Crippen molar-refractivity contribution in [1.82, 2.24) is 14.5 Å². The Morgan fingerprint density at radius 2 is 1.86 bits per heavy atom. The standard InChI is InChI=1S/C15H14FN3O.C4H4O4/c1-19-8-10(14-5-11(16)2-3-15(14)19)4-13(20)6-12-7-17-9-18-12;5-3(6)1-2-4(7)8/h2-3,5,7-9H,4,6H2,1H3,(H,17,18);1-2H,(H,5,6)(H,7,8). The molecule has 3 rings (SSSR count). The molecule has 0 saturated heterocycles. The third kappa shape index (κ3) is 5.90. The maximum Gasteiger partial charge on any atom is 0.328 e. The van der Waals surface area contributed by atoms with Gasteiger partial charge in [0.15, 0.2) is 0 Å². The molecule has 2 aromatic heterocycles. The Bertz CT molecular complexity index is 1010. The van der Waals surface area contributed by atoms with Crippen LogP contribution in [0.3, 0.4) is 0 Å². The Morgan fingerprint density at radius 3 is 2.43 bits per heavy atom. The van der Waals surface area contributed by atoms with E-state index in [9.17, 15) is 18.8 Å². The molecule has 0 aliphatic carbocycles. The molecule has 1 aromatic carbocycles. The lowest BCUT2D eigenvalue weighted by molar-refractivity contribution is -0.134. The fourth-order valence-electron chi connectivity index (χ4n) is 2.60. The number of carbonyl (C=O) groups is 3. The number of hydrogen-bond acceptors (Lipinski definition) is 4. The molecule has 0 spiro atoms. The molecule has 146 valence electrons. The highest BCUT2D eigenvalue weighted by Crippen LogP contribution is 2.22. The Labute approximate surface area is 158 Å². The number of carboxylic acid groups (broad SMARTS) is 2. The SMILES string of the molecule is Cn1cc(CC(=O)Cc2cnc[nH]2)c2cc(F)ccc21.O=C(O)C=CC(=O)O. The first kappa shape index (κ1) is 20.6. The van der Waals surface area contributed by atoms with Crippen LogP contribution in [0.25, 0.3) is 10.9 Å². The molecular weight excluding hydrogens is 369 g/mol. The van der Waals surface area contributed by atoms with Gasteiger partial charge < -0.3 is 19.8 Å². The van der Waals surface area contributed by atoms with Crippen LogP contribution in [0.5, 0.6) is 0 Å². The molecule has 0 bridgehead atoms. The van der Waals surface area contributed by atoms with Gasteiger partial charge in [-0.1, -0.05) is 0 Å². The fraction of sp³-hybridized carbons (Fsp3) is 0.158. The Morgan fingerprint density at radius 1 is 1.18 bits per heavy atom. The van der Waals surface area contributed by atoms with Gasteiger partial charge >= 0.3 is 11.9 Å². The average molecular weight is 387 g/mol. The van der Waals surface area contributed by atoms with Crippen LogP contribution in [0.2, 0.25) is 0 Å². The highest BCUT2D eigenvalue weighted by molar-refractivity contribution is 5.91. The van der Waals surface area contributed by atoms with E-state index in [1.165, 1.54) is 12.1 Å². The molecular formula is C19H18FN3O5. The number of nitrogens with zero attached hydrogens (tertiary/aromatic N) is 2. The van der Waals surface area contributed by atoms with Crippen LogP contribution < -0.4 is 0 Å². The lowest BCUT2D eigenvalue weighted by Gasteiger charge is -1.99. The van der Waals surface area contributed by atoms with Gasteiger partial charge in [0.25, 0.3) is 0 Å². The highest BCUT2D eigenvalue weighted by atomic mass is 19.1. The molecule has 0 fully saturated rings. The smallest absolute Gasteiger partial charge is 0.328 e. The van der Waals surface area contributed by atoms with Crippen molar-refractivity contribution in [2.75, 3.05) is 0 Å². The zero-order chi connectivity index (χ0) is 20.7. The van der Waals surface area contributed by atoms with Crippen LogP contribution in [0.4, 0.5) is 4.39 Å². The maximum atomic E-state index is 13.4. The zero-order valence-corrected chi connectivity index (χ0v) is 14.9. The Kier molecular flexibility index (Phi) is 6.80. The van der Waals surface area contributed by atoms with Crippen molar-refractivity contribution in [3.05, 3.63) is 66.1 Å². The normalized spacial score (nSPS) is 10.6. The number of nitrogens with one attached hydrogen (secondary N) is 1. The van der Waals surface area contributed by atoms with E-state index in [-0.39, 0.29) is 11.6 Å². The number of hydrogen-bond donors (Lipinski definition) is 3. The summed E-state index contributed by atoms with van der Waals surface area (Å²) in [5, 5.41) is 16.4. The van der Waals surface area contributed by atoms with Gasteiger partial charge in [-0.15, -0.1) is 0 Å². The van der Waals surface area contributed by atoms with E-state index in [2.05, 4.69) is 9.97 Å². The number of aryl methyl sites for hydroxylation is 1. The van der Waals surface area contributed by atoms with Crippen molar-refractivity contribution in [2.24, 2.45) is 7.05 Å². The second-order valence-electron chi connectivity index (χ2n) is 5.91. The fourth-order valence-corrected chi connectivity index (χ4v) is 2.60. The summed E-state index contributed by atoms with van der Waals surface area (Å²) in [4.78, 5) is 38.0. The number of carbonyl (C=O) groups excluding carboxylic acids is 1. The number of aromatic amines is 1. The van der Waals surface area contributed by atoms with Gasteiger partial charge in [0, 0.05) is 61.0 Å². The number of ketones is 1. The molecule has 9 heteroatoms. The Hall–Kier alpha value is -3.75. The molecule has 3 aromatic rings. The summed E-state index contributed by atoms with van der Waals surface area (Å²) >= 11 is 0. The van der Waals surface area contributed by atoms with Crippen molar-refractivity contribution in [2.45, 2.75) is 12.8 Å². The van der Waals surface area contributed by atoms with Gasteiger partial charge in [-0.05, 0) is 23.8 Å². The largest absolute Gasteiger partial charge is 0.478 e. The van der Waals surface area contributed by atoms with E-state index in [1.807, 2.05) is 17.8 Å². The van der Waals surface area contributed by atoms with Crippen molar-refractivity contribution < 1.29 is 29.0 Å². The van der Waals surface area contributed by atoms with E-state index >= 15 is 0 Å². The number of fused-ring (bicyclic) bond motifs is 1. The van der Waals surface area contributed by atoms with Crippen LogP contribution in [-0.2, 0) is 34.3 Å². The number of aliphatic carboxylic acids is 2. The van der Waals surface area contributed by atoms with Crippen LogP contribution >= 0.6 is 0 Å². The quantitative estimate of drug-likeness (QED) is 0.556. The number of benzene rings is 1. The van der Waals surface area contributed by atoms with Crippen molar-refractivity contribution in [3.63, 3.8) is 0 Å². The molecule has 0 radical (unpaired) electrons. The van der Waals surface area contributed by atoms with E-state index in [0.29, 0.717) is 25.0 Å². The second kappa shape index (κ2) is 9.26. The summed E-state index contributed by atoms with van der Waals surface area (Å²) in [5.74, 6) is -2.73. The monoisotopic (exact) mass is 387 g/mol. The molecule has 8 nitrogen and oxygen atoms in total. The molecule has 0 aliphatic heterocycles. The predicted octanol–water partition coefficient (Wildman–Crippen LogP) is 2.11. The van der Waals surface area contributed by atoms with Gasteiger partial charge in [0.05, 0.1) is 6.33 Å². The maximum absolute atomic E-state index is 13.4. The van der Waals surface area contributed by atoms with Crippen molar-refractivity contribution >= 4 is 28.6 Å². The number of aromatic nitrogens is 3. The van der Waals surface area contributed by atoms with Gasteiger partial charge in [-0.2, -0.15) is 0 Å². The van der Waals surface area contributed by atoms with Crippen molar-refractivity contribution in [1.29, 1.82) is 0 Å². The second-order valence-corrected chi connectivity index (χ2v) is 5.91. The first-order chi connectivity index (χ1) is 13.3. The van der Waals surface area contributed by atoms with Gasteiger partial charge in [-0.3, -0.25) is 4.79 Å². The molecule has 0 amide bonds. The first-order valence-corrected chi connectivity index (χ1v) is 8.12. The first-order valence-electron chi connectivity index (χ1n) is 8.12. The number of H-pyrrole nitrogens is 1. The number of imidazole rings is 1. The highest BCUT2D eigenvalue weighted by Gasteiger charge is 2.12. The molecule has 0 saturated carbocycles. The molecule has 28 heavy (non-hydrogen) atoms. The van der Waals surface area contributed by atoms with E-state index in [0.717, 1.165) is 22.2 Å². The summed E-state index contributed by atoms with van der Waals surface area (Å²) < 4.78 is 15.3. The molecule has 0 atom stereocenters. The molecule has 2 heterocycles. The third-order valence-electron chi connectivity index (χ3n) is 3.73. The minimum Gasteiger partial charge on any atom is -0.478 e. The van der Waals surface area contributed by atoms with E-state index < -0.39 is 11.9 Å². The number of Topliss-reactive ketones (excluding diaryl/α,β-unsaturated/α-hetero) is 1. The molecule has 0 unspecified atom stereocenters. The zero-order valence-electron chi connectivity index (χ0n) is 14.9. The topological polar surface area (TPSA) is 125 Å². The van der Waals surface area contributed by atoms with E-state index in [1.54, 1.807) is 18.6 Å². The summed E-state index contributed by atoms with van der Waals surface area (Å²) in [6.07, 6.45) is 6.79. The summed E-state index contributed by atoms with van der Waals surface area (Å²) in [5.41, 5.74) is 2.57. The molecule has 0 aliphatic rings. The van der Waals surface area contributed by atoms with Crippen LogP contribution in [-0.4, -0.2) is 42.5 Å². The predicted molar refractivity (Wildman–Crippen MR) is 98.3 cm³/mol. The third-order valence-corrected chi connectivity index (χ3v) is 3.73. The molecule has 3 N–H and O–H groups in total. The van der Waals surface area contributed by atoms with Crippen molar-refractivity contribution in [3.8, 4) is 0 Å². The summed E-state index contributed by atoms with van der Waals surface area (Å²) in [6.45, 7) is 0. The lowest BCUT2D eigenvalue weighted by Crippen LogP contribution is -2.06. The average Bonchev–Trinajstić information content (AvgIpc) is 3.22. The van der Waals surface area contributed by atoms with Gasteiger partial charge in [-0.25, -0.2) is 19.0 Å². The van der Waals surface area contributed by atoms with Gasteiger partial charge in [0.1, 0.15) is 11.6 Å². The lowest BCUT2D eigenvalue weighted by atomic mass is 10.1. The van der Waals surface area contributed by atoms with E-state index in [4.69, 9.17) is 10.2 Å².